The number of carbonyl (C=O) groups is 9. The van der Waals surface area contributed by atoms with E-state index in [2.05, 4.69) is 13.8 Å². The molecule has 21 nitrogen and oxygen atoms in total. The minimum atomic E-state index is -1.65. The van der Waals surface area contributed by atoms with E-state index >= 15 is 0 Å². The van der Waals surface area contributed by atoms with Crippen LogP contribution in [0.25, 0.3) is 0 Å². The molecule has 0 aromatic carbocycles. The third-order valence-corrected chi connectivity index (χ3v) is 15.4. The number of fused-ring (bicyclic) bond motifs is 5. The van der Waals surface area contributed by atoms with Crippen LogP contribution in [-0.2, 0) is 100.0 Å². The lowest BCUT2D eigenvalue weighted by molar-refractivity contribution is -0.315. The zero-order chi connectivity index (χ0) is 50.0. The van der Waals surface area contributed by atoms with Gasteiger partial charge in [-0.2, -0.15) is 0 Å². The van der Waals surface area contributed by atoms with E-state index in [-0.39, 0.29) is 34.4 Å². The minimum Gasteiger partial charge on any atom is -0.467 e. The number of Topliss-reactive ketones (excluding diaryl/α,β-unsaturated/α-hetero) is 1. The molecule has 0 aromatic heterocycles. The highest BCUT2D eigenvalue weighted by molar-refractivity contribution is 5.83. The van der Waals surface area contributed by atoms with Crippen molar-refractivity contribution in [3.05, 3.63) is 0 Å². The average molecular weight is 967 g/mol. The maximum atomic E-state index is 14.3. The van der Waals surface area contributed by atoms with Crippen LogP contribution < -0.4 is 0 Å². The first-order valence-electron chi connectivity index (χ1n) is 23.3. The van der Waals surface area contributed by atoms with E-state index in [1.54, 1.807) is 0 Å². The molecule has 0 N–H and O–H groups in total. The molecular weight excluding hydrogens is 900 g/mol. The average Bonchev–Trinajstić information content (AvgIpc) is 3.62. The fourth-order valence-electron chi connectivity index (χ4n) is 12.7. The number of ether oxygens (including phenoxy) is 12. The molecule has 68 heavy (non-hydrogen) atoms. The van der Waals surface area contributed by atoms with Gasteiger partial charge >= 0.3 is 47.8 Å². The first-order chi connectivity index (χ1) is 32.0. The maximum Gasteiger partial charge on any atom is 0.339 e. The van der Waals surface area contributed by atoms with Crippen LogP contribution in [0.15, 0.2) is 0 Å². The van der Waals surface area contributed by atoms with Crippen LogP contribution in [0.3, 0.4) is 0 Å². The molecule has 0 spiro atoms. The molecular formula is C47H66O21. The second-order valence-corrected chi connectivity index (χ2v) is 19.5. The Morgan fingerprint density at radius 2 is 0.941 bits per heavy atom. The van der Waals surface area contributed by atoms with E-state index < -0.39 is 122 Å². The van der Waals surface area contributed by atoms with Gasteiger partial charge in [0.05, 0.1) is 20.3 Å². The predicted octanol–water partition coefficient (Wildman–Crippen LogP) is 3.00. The highest BCUT2D eigenvalue weighted by atomic mass is 16.8. The summed E-state index contributed by atoms with van der Waals surface area (Å²) in [6.45, 7) is 10.7. The third-order valence-electron chi connectivity index (χ3n) is 15.4. The summed E-state index contributed by atoms with van der Waals surface area (Å²) in [5.41, 5.74) is -0.429. The molecule has 4 saturated carbocycles. The Bertz CT molecular complexity index is 1950. The summed E-state index contributed by atoms with van der Waals surface area (Å²) in [4.78, 5) is 114. The summed E-state index contributed by atoms with van der Waals surface area (Å²) in [7, 11) is 2.22. The van der Waals surface area contributed by atoms with Gasteiger partial charge in [0.1, 0.15) is 6.61 Å². The molecule has 6 aliphatic rings. The second kappa shape index (κ2) is 21.5. The molecule has 6 rings (SSSR count). The Balaban J connectivity index is 1.14. The summed E-state index contributed by atoms with van der Waals surface area (Å²) < 4.78 is 67.2. The van der Waals surface area contributed by atoms with E-state index in [1.165, 1.54) is 0 Å². The van der Waals surface area contributed by atoms with Gasteiger partial charge in [-0.1, -0.05) is 13.8 Å². The first kappa shape index (κ1) is 52.6. The zero-order valence-electron chi connectivity index (χ0n) is 40.4. The van der Waals surface area contributed by atoms with E-state index in [1.807, 2.05) is 0 Å². The van der Waals surface area contributed by atoms with E-state index in [9.17, 15) is 43.2 Å². The predicted molar refractivity (Wildman–Crippen MR) is 226 cm³/mol. The molecule has 2 aliphatic heterocycles. The van der Waals surface area contributed by atoms with Crippen LogP contribution in [0.2, 0.25) is 0 Å². The van der Waals surface area contributed by atoms with Crippen molar-refractivity contribution in [2.45, 2.75) is 181 Å². The van der Waals surface area contributed by atoms with Crippen LogP contribution in [0.1, 0.15) is 113 Å². The maximum absolute atomic E-state index is 14.3. The van der Waals surface area contributed by atoms with Gasteiger partial charge in [-0.3, -0.25) is 33.6 Å². The molecule has 0 amide bonds. The number of methoxy groups -OCH3 is 2. The van der Waals surface area contributed by atoms with E-state index in [4.69, 9.17) is 56.8 Å². The Morgan fingerprint density at radius 3 is 1.44 bits per heavy atom. The first-order valence-corrected chi connectivity index (χ1v) is 23.3. The van der Waals surface area contributed by atoms with Crippen LogP contribution in [0.5, 0.6) is 0 Å². The number of hydrogen-bond donors (Lipinski definition) is 0. The summed E-state index contributed by atoms with van der Waals surface area (Å²) in [5, 5.41) is 0. The summed E-state index contributed by atoms with van der Waals surface area (Å²) in [6, 6.07) is 0. The largest absolute Gasteiger partial charge is 0.467 e. The summed E-state index contributed by atoms with van der Waals surface area (Å²) >= 11 is 0. The molecule has 380 valence electrons. The van der Waals surface area contributed by atoms with Crippen molar-refractivity contribution >= 4 is 53.5 Å². The van der Waals surface area contributed by atoms with Gasteiger partial charge in [0.15, 0.2) is 67.2 Å². The van der Waals surface area contributed by atoms with Crippen molar-refractivity contribution in [1.29, 1.82) is 0 Å². The summed E-state index contributed by atoms with van der Waals surface area (Å²) in [6.07, 6.45) is -8.57. The quantitative estimate of drug-likeness (QED) is 0.138. The van der Waals surface area contributed by atoms with Gasteiger partial charge < -0.3 is 56.8 Å². The van der Waals surface area contributed by atoms with Crippen molar-refractivity contribution in [2.24, 2.45) is 40.4 Å². The molecule has 4 aliphatic carbocycles. The number of carbonyl (C=O) groups excluding carboxylic acids is 9. The summed E-state index contributed by atoms with van der Waals surface area (Å²) in [5.74, 6) is -6.10. The van der Waals surface area contributed by atoms with Gasteiger partial charge in [-0.25, -0.2) is 9.59 Å². The standard InChI is InChI=1S/C47H66O21/c1-21(48)60-34-36(62-23(3)50)40(64-25(5)52)44(67-38(34)42(55)57-9)59-20-33(54)32-14-13-30-29-12-11-27-19-28(15-17-46(27,7)31(29)16-18-47(30,32)8)66-45-41(65-26(6)53)37(63-24(4)51)35(61-22(2)49)39(68-45)43(56)58-10/h27-32,34-41,44-45H,11-20H2,1-10H3/t27?,28-,29?,30?,31?,32?,34-,35+,36-,37+,38?,39?,40+,41-,44+,45-,46?,47?/m1/s1. The van der Waals surface area contributed by atoms with Crippen LogP contribution in [-0.4, -0.2) is 142 Å². The zero-order valence-corrected chi connectivity index (χ0v) is 40.4. The lowest BCUT2D eigenvalue weighted by Gasteiger charge is -2.61. The van der Waals surface area contributed by atoms with Crippen molar-refractivity contribution in [2.75, 3.05) is 20.8 Å². The van der Waals surface area contributed by atoms with Crippen LogP contribution in [0.4, 0.5) is 0 Å². The molecule has 9 unspecified atom stereocenters. The van der Waals surface area contributed by atoms with Crippen molar-refractivity contribution in [3.63, 3.8) is 0 Å². The monoisotopic (exact) mass is 966 g/mol. The fraction of sp³-hybridized carbons (Fsp3) is 0.809. The van der Waals surface area contributed by atoms with Gasteiger partial charge in [0.25, 0.3) is 0 Å². The normalized spacial score (nSPS) is 39.5. The molecule has 2 saturated heterocycles. The highest BCUT2D eigenvalue weighted by Crippen LogP contribution is 2.67. The van der Waals surface area contributed by atoms with Crippen molar-refractivity contribution in [1.82, 2.24) is 0 Å². The molecule has 0 bridgehead atoms. The number of ketones is 1. The van der Waals surface area contributed by atoms with Crippen LogP contribution in [0, 0.1) is 40.4 Å². The SMILES string of the molecule is COC(=O)C1O[C@@H](O[C@@H]2CCC3(C)C(CCC4C3CCC3(C)C(C(=O)CO[C@H]5OC(C(=O)OC)[C@H](OC(C)=O)[C@@H](OC(C)=O)[C@@H]5OC(C)=O)CCC43)C2)[C@H](OC(C)=O)[C@@H](OC(C)=O)[C@@H]1OC(C)=O. The van der Waals surface area contributed by atoms with E-state index in [0.717, 1.165) is 94.3 Å². The Hall–Kier alpha value is -4.73. The van der Waals surface area contributed by atoms with Crippen molar-refractivity contribution < 1.29 is 100.0 Å². The Labute approximate surface area is 394 Å². The lowest BCUT2D eigenvalue weighted by atomic mass is 9.44. The Morgan fingerprint density at radius 1 is 0.500 bits per heavy atom. The van der Waals surface area contributed by atoms with Gasteiger partial charge in [0, 0.05) is 47.5 Å². The Kier molecular flexibility index (Phi) is 16.6. The number of esters is 8. The third kappa shape index (κ3) is 11.0. The fourth-order valence-corrected chi connectivity index (χ4v) is 12.7. The van der Waals surface area contributed by atoms with Gasteiger partial charge in [0.2, 0.25) is 0 Å². The topological polar surface area (TPSA) is 264 Å². The highest BCUT2D eigenvalue weighted by Gasteiger charge is 2.63. The molecule has 0 aromatic rings. The lowest BCUT2D eigenvalue weighted by Crippen LogP contribution is -2.64. The molecule has 6 fully saturated rings. The van der Waals surface area contributed by atoms with E-state index in [0.29, 0.717) is 31.1 Å². The van der Waals surface area contributed by atoms with Gasteiger partial charge in [-0.05, 0) is 92.3 Å². The smallest absolute Gasteiger partial charge is 0.339 e. The number of hydrogen-bond acceptors (Lipinski definition) is 21. The van der Waals surface area contributed by atoms with Crippen LogP contribution >= 0.6 is 0 Å². The number of rotatable bonds is 14. The second-order valence-electron chi connectivity index (χ2n) is 19.5. The molecule has 21 heteroatoms. The minimum absolute atomic E-state index is 0.0735. The molecule has 0 radical (unpaired) electrons. The van der Waals surface area contributed by atoms with Gasteiger partial charge in [-0.15, -0.1) is 0 Å². The molecule has 2 heterocycles. The van der Waals surface area contributed by atoms with Crippen molar-refractivity contribution in [3.8, 4) is 0 Å². The molecule has 18 atom stereocenters.